The van der Waals surface area contributed by atoms with Gasteiger partial charge < -0.3 is 0 Å². The molecule has 1 heterocycles. The summed E-state index contributed by atoms with van der Waals surface area (Å²) in [4.78, 5) is 11.1. The monoisotopic (exact) mass is 236 g/mol. The van der Waals surface area contributed by atoms with Gasteiger partial charge in [-0.1, -0.05) is 20.8 Å². The zero-order chi connectivity index (χ0) is 11.9. The second kappa shape index (κ2) is 3.63. The fourth-order valence-electron chi connectivity index (χ4n) is 0.982. The van der Waals surface area contributed by atoms with Crippen LogP contribution in [-0.4, -0.2) is 5.78 Å². The summed E-state index contributed by atoms with van der Waals surface area (Å²) in [5.41, 5.74) is -0.645. The number of halogens is 3. The average molecular weight is 236 g/mol. The van der Waals surface area contributed by atoms with Crippen molar-refractivity contribution in [1.29, 1.82) is 0 Å². The molecule has 0 saturated heterocycles. The first kappa shape index (κ1) is 12.2. The first-order valence-corrected chi connectivity index (χ1v) is 5.16. The fourth-order valence-corrected chi connectivity index (χ4v) is 2.01. The fraction of sp³-hybridized carbons (Fsp3) is 0.500. The van der Waals surface area contributed by atoms with Crippen molar-refractivity contribution in [2.45, 2.75) is 26.9 Å². The number of hydrogen-bond acceptors (Lipinski definition) is 2. The maximum Gasteiger partial charge on any atom is 0.425 e. The number of Topliss-reactive ketones (excluding diaryl/α,β-unsaturated/α-hetero) is 1. The molecular formula is C10H11F3OS. The summed E-state index contributed by atoms with van der Waals surface area (Å²) < 4.78 is 36.8. The van der Waals surface area contributed by atoms with E-state index in [-0.39, 0.29) is 10.7 Å². The summed E-state index contributed by atoms with van der Waals surface area (Å²) >= 11 is 0.500. The summed E-state index contributed by atoms with van der Waals surface area (Å²) in [5.74, 6) is -0.261. The van der Waals surface area contributed by atoms with Crippen LogP contribution in [0.2, 0.25) is 0 Å². The van der Waals surface area contributed by atoms with Gasteiger partial charge in [0.05, 0.1) is 4.88 Å². The van der Waals surface area contributed by atoms with Crippen molar-refractivity contribution >= 4 is 17.1 Å². The van der Waals surface area contributed by atoms with E-state index in [0.717, 1.165) is 6.07 Å². The van der Waals surface area contributed by atoms with Crippen molar-refractivity contribution in [1.82, 2.24) is 0 Å². The quantitative estimate of drug-likeness (QED) is 0.674. The molecule has 0 fully saturated rings. The third-order valence-electron chi connectivity index (χ3n) is 1.79. The molecule has 0 aliphatic carbocycles. The summed E-state index contributed by atoms with van der Waals surface area (Å²) in [6.07, 6.45) is -4.36. The molecule has 0 aromatic carbocycles. The average Bonchev–Trinajstić information content (AvgIpc) is 2.47. The van der Waals surface area contributed by atoms with E-state index in [0.29, 0.717) is 11.3 Å². The van der Waals surface area contributed by atoms with Crippen molar-refractivity contribution in [3.8, 4) is 0 Å². The van der Waals surface area contributed by atoms with Crippen LogP contribution < -0.4 is 0 Å². The van der Waals surface area contributed by atoms with Crippen molar-refractivity contribution in [2.24, 2.45) is 5.41 Å². The second-order valence-corrected chi connectivity index (χ2v) is 5.32. The smallest absolute Gasteiger partial charge is 0.293 e. The molecule has 1 rings (SSSR count). The molecule has 0 aliphatic heterocycles. The van der Waals surface area contributed by atoms with Crippen LogP contribution in [0.5, 0.6) is 0 Å². The Labute approximate surface area is 89.9 Å². The number of alkyl halides is 3. The summed E-state index contributed by atoms with van der Waals surface area (Å²) in [5, 5.41) is 0. The van der Waals surface area contributed by atoms with Crippen LogP contribution in [0, 0.1) is 5.41 Å². The number of rotatable bonds is 1. The minimum absolute atomic E-state index is 0.162. The molecule has 84 valence electrons. The van der Waals surface area contributed by atoms with E-state index in [9.17, 15) is 18.0 Å². The Morgan fingerprint density at radius 2 is 1.73 bits per heavy atom. The molecule has 0 N–H and O–H groups in total. The lowest BCUT2D eigenvalue weighted by atomic mass is 9.90. The Balaban J connectivity index is 3.01. The lowest BCUT2D eigenvalue weighted by Gasteiger charge is -2.14. The van der Waals surface area contributed by atoms with E-state index in [1.165, 1.54) is 6.07 Å². The highest BCUT2D eigenvalue weighted by Crippen LogP contribution is 2.36. The van der Waals surface area contributed by atoms with Gasteiger partial charge in [-0.2, -0.15) is 13.2 Å². The number of carbonyl (C=O) groups excluding carboxylic acids is 1. The zero-order valence-electron chi connectivity index (χ0n) is 8.61. The van der Waals surface area contributed by atoms with Gasteiger partial charge in [-0.05, 0) is 12.1 Å². The van der Waals surface area contributed by atoms with Crippen molar-refractivity contribution in [3.05, 3.63) is 21.9 Å². The van der Waals surface area contributed by atoms with Crippen molar-refractivity contribution < 1.29 is 18.0 Å². The highest BCUT2D eigenvalue weighted by Gasteiger charge is 2.34. The van der Waals surface area contributed by atoms with Crippen LogP contribution in [0.4, 0.5) is 13.2 Å². The van der Waals surface area contributed by atoms with Crippen LogP contribution in [0.1, 0.15) is 35.3 Å². The van der Waals surface area contributed by atoms with Crippen LogP contribution in [0.3, 0.4) is 0 Å². The molecule has 0 aliphatic rings. The first-order valence-electron chi connectivity index (χ1n) is 4.34. The second-order valence-electron chi connectivity index (χ2n) is 4.24. The maximum atomic E-state index is 12.3. The lowest BCUT2D eigenvalue weighted by molar-refractivity contribution is -0.134. The summed E-state index contributed by atoms with van der Waals surface area (Å²) in [6.45, 7) is 5.05. The highest BCUT2D eigenvalue weighted by molar-refractivity contribution is 7.14. The van der Waals surface area contributed by atoms with Gasteiger partial charge in [0.25, 0.3) is 0 Å². The lowest BCUT2D eigenvalue weighted by Crippen LogP contribution is -2.18. The third kappa shape index (κ3) is 2.81. The van der Waals surface area contributed by atoms with Crippen molar-refractivity contribution in [3.63, 3.8) is 0 Å². The normalized spacial score (nSPS) is 12.9. The maximum absolute atomic E-state index is 12.3. The highest BCUT2D eigenvalue weighted by atomic mass is 32.1. The van der Waals surface area contributed by atoms with E-state index in [2.05, 4.69) is 0 Å². The van der Waals surface area contributed by atoms with Crippen LogP contribution in [-0.2, 0) is 6.18 Å². The van der Waals surface area contributed by atoms with E-state index in [4.69, 9.17) is 0 Å². The molecule has 1 aromatic heterocycles. The predicted molar refractivity (Wildman–Crippen MR) is 53.1 cm³/mol. The topological polar surface area (TPSA) is 17.1 Å². The van der Waals surface area contributed by atoms with Gasteiger partial charge in [0, 0.05) is 5.41 Å². The Morgan fingerprint density at radius 1 is 1.20 bits per heavy atom. The van der Waals surface area contributed by atoms with Gasteiger partial charge in [0.1, 0.15) is 4.88 Å². The first-order chi connectivity index (χ1) is 6.62. The Morgan fingerprint density at radius 3 is 2.07 bits per heavy atom. The molecule has 0 atom stereocenters. The third-order valence-corrected chi connectivity index (χ3v) is 2.92. The van der Waals surface area contributed by atoms with Gasteiger partial charge >= 0.3 is 6.18 Å². The predicted octanol–water partition coefficient (Wildman–Crippen LogP) is 4.00. The molecule has 0 amide bonds. The van der Waals surface area contributed by atoms with Gasteiger partial charge in [-0.15, -0.1) is 11.3 Å². The molecule has 0 spiro atoms. The molecule has 0 radical (unpaired) electrons. The van der Waals surface area contributed by atoms with Gasteiger partial charge in [0.2, 0.25) is 0 Å². The van der Waals surface area contributed by atoms with E-state index in [1.807, 2.05) is 0 Å². The van der Waals surface area contributed by atoms with Crippen molar-refractivity contribution in [2.75, 3.05) is 0 Å². The van der Waals surface area contributed by atoms with Gasteiger partial charge in [0.15, 0.2) is 5.78 Å². The Bertz CT molecular complexity index is 371. The van der Waals surface area contributed by atoms with Crippen LogP contribution in [0.25, 0.3) is 0 Å². The Hall–Kier alpha value is -0.840. The Kier molecular flexibility index (Phi) is 2.96. The van der Waals surface area contributed by atoms with Gasteiger partial charge in [-0.3, -0.25) is 4.79 Å². The minimum Gasteiger partial charge on any atom is -0.293 e. The number of thiophene rings is 1. The van der Waals surface area contributed by atoms with Crippen LogP contribution in [0.15, 0.2) is 12.1 Å². The molecule has 0 saturated carbocycles. The molecule has 0 bridgehead atoms. The molecule has 5 heteroatoms. The van der Waals surface area contributed by atoms with E-state index < -0.39 is 16.5 Å². The largest absolute Gasteiger partial charge is 0.425 e. The number of carbonyl (C=O) groups is 1. The molecule has 15 heavy (non-hydrogen) atoms. The molecule has 1 aromatic rings. The summed E-state index contributed by atoms with van der Waals surface area (Å²) in [6, 6.07) is 2.19. The molecule has 0 unspecified atom stereocenters. The zero-order valence-corrected chi connectivity index (χ0v) is 9.42. The van der Waals surface area contributed by atoms with E-state index in [1.54, 1.807) is 20.8 Å². The molecule has 1 nitrogen and oxygen atoms in total. The molecular weight excluding hydrogens is 225 g/mol. The minimum atomic E-state index is -4.36. The van der Waals surface area contributed by atoms with Crippen LogP contribution >= 0.6 is 11.3 Å². The van der Waals surface area contributed by atoms with E-state index >= 15 is 0 Å². The number of ketones is 1. The van der Waals surface area contributed by atoms with Gasteiger partial charge in [-0.25, -0.2) is 0 Å². The SMILES string of the molecule is CC(C)(C)C(=O)c1ccc(C(F)(F)F)s1. The number of hydrogen-bond donors (Lipinski definition) is 0. The standard InChI is InChI=1S/C10H11F3OS/c1-9(2,3)8(14)6-4-5-7(15-6)10(11,12)13/h4-5H,1-3H3. The summed E-state index contributed by atoms with van der Waals surface area (Å²) in [7, 11) is 0.